The molecule has 138 valence electrons. The van der Waals surface area contributed by atoms with Crippen LogP contribution in [-0.2, 0) is 11.5 Å². The number of ether oxygens (including phenoxy) is 1. The summed E-state index contributed by atoms with van der Waals surface area (Å²) in [5.41, 5.74) is 2.91. The van der Waals surface area contributed by atoms with Crippen molar-refractivity contribution in [3.63, 3.8) is 0 Å². The number of aldehydes is 1. The van der Waals surface area contributed by atoms with Gasteiger partial charge in [-0.1, -0.05) is 11.6 Å². The molecule has 26 heavy (non-hydrogen) atoms. The molecule has 3 aromatic heterocycles. The molecule has 7 heteroatoms. The van der Waals surface area contributed by atoms with Gasteiger partial charge in [0.2, 0.25) is 0 Å². The van der Waals surface area contributed by atoms with Gasteiger partial charge in [-0.05, 0) is 43.0 Å². The van der Waals surface area contributed by atoms with Gasteiger partial charge >= 0.3 is 0 Å². The van der Waals surface area contributed by atoms with E-state index in [0.717, 1.165) is 34.5 Å². The molecule has 3 heterocycles. The summed E-state index contributed by atoms with van der Waals surface area (Å²) in [5, 5.41) is 1.49. The smallest absolute Gasteiger partial charge is 0.151 e. The molecule has 0 aromatic carbocycles. The van der Waals surface area contributed by atoms with E-state index in [4.69, 9.17) is 16.3 Å². The van der Waals surface area contributed by atoms with Crippen LogP contribution in [0.4, 0.5) is 0 Å². The molecule has 0 radical (unpaired) electrons. The average Bonchev–Trinajstić information content (AvgIpc) is 2.98. The van der Waals surface area contributed by atoms with E-state index < -0.39 is 10.0 Å². The molecule has 0 aliphatic heterocycles. The quantitative estimate of drug-likeness (QED) is 0.446. The Morgan fingerprint density at radius 3 is 2.69 bits per heavy atom. The highest BCUT2D eigenvalue weighted by Gasteiger charge is 2.15. The number of nitrogens with zero attached hydrogens (tertiary/aromatic N) is 3. The van der Waals surface area contributed by atoms with Crippen LogP contribution in [0.2, 0.25) is 5.02 Å². The Kier molecular flexibility index (Phi) is 5.65. The van der Waals surface area contributed by atoms with Crippen LogP contribution >= 0.6 is 21.6 Å². The molecule has 3 aromatic rings. The second-order valence-corrected chi connectivity index (χ2v) is 11.9. The minimum absolute atomic E-state index is 0.374. The predicted octanol–water partition coefficient (Wildman–Crippen LogP) is 4.23. The maximum atomic E-state index is 10.9. The summed E-state index contributed by atoms with van der Waals surface area (Å²) in [5.74, 6) is 1.04. The fraction of sp³-hybridized carbons (Fsp3) is 0.316. The van der Waals surface area contributed by atoms with Crippen molar-refractivity contribution in [3.05, 3.63) is 47.2 Å². The second-order valence-electron chi connectivity index (χ2n) is 6.91. The zero-order valence-corrected chi connectivity index (χ0v) is 16.7. The van der Waals surface area contributed by atoms with E-state index >= 15 is 0 Å². The van der Waals surface area contributed by atoms with Crippen molar-refractivity contribution in [2.75, 3.05) is 31.1 Å². The normalized spacial score (nSPS) is 12.5. The monoisotopic (exact) mass is 391 g/mol. The molecule has 0 aliphatic carbocycles. The standard InChI is InChI=1S/C19H22ClN3O2S/c1-26(2,3)9-8-25-13-23-18(17-5-4-14(12-24)11-22-17)10-15-16(20)6-7-21-19(15)23/h4-7,10-12H,8-9,13H2,1-3H3. The maximum absolute atomic E-state index is 10.9. The Bertz CT molecular complexity index is 917. The van der Waals surface area contributed by atoms with Gasteiger partial charge in [0.25, 0.3) is 0 Å². The summed E-state index contributed by atoms with van der Waals surface area (Å²) >= 11 is 6.34. The Labute approximate surface area is 159 Å². The maximum Gasteiger partial charge on any atom is 0.151 e. The minimum atomic E-state index is -0.601. The molecule has 0 aliphatic rings. The first-order chi connectivity index (χ1) is 12.4. The lowest BCUT2D eigenvalue weighted by atomic mass is 10.2. The van der Waals surface area contributed by atoms with E-state index in [2.05, 4.69) is 28.7 Å². The van der Waals surface area contributed by atoms with Crippen molar-refractivity contribution in [1.29, 1.82) is 0 Å². The van der Waals surface area contributed by atoms with Crippen molar-refractivity contribution >= 4 is 38.9 Å². The third-order valence-electron chi connectivity index (χ3n) is 3.99. The zero-order chi connectivity index (χ0) is 18.7. The first kappa shape index (κ1) is 18.9. The first-order valence-electron chi connectivity index (χ1n) is 8.18. The van der Waals surface area contributed by atoms with Gasteiger partial charge in [0.05, 0.1) is 23.0 Å². The Morgan fingerprint density at radius 1 is 1.23 bits per heavy atom. The third-order valence-corrected chi connectivity index (χ3v) is 5.71. The van der Waals surface area contributed by atoms with Crippen LogP contribution < -0.4 is 0 Å². The molecule has 0 atom stereocenters. The molecule has 0 N–H and O–H groups in total. The highest BCUT2D eigenvalue weighted by molar-refractivity contribution is 8.32. The van der Waals surface area contributed by atoms with Gasteiger partial charge in [0.15, 0.2) is 6.29 Å². The van der Waals surface area contributed by atoms with Crippen molar-refractivity contribution in [3.8, 4) is 11.4 Å². The van der Waals surface area contributed by atoms with Gasteiger partial charge in [-0.15, -0.1) is 0 Å². The lowest BCUT2D eigenvalue weighted by Gasteiger charge is -2.24. The van der Waals surface area contributed by atoms with Crippen LogP contribution in [0.25, 0.3) is 22.4 Å². The lowest BCUT2D eigenvalue weighted by Crippen LogP contribution is -2.11. The molecule has 0 saturated carbocycles. The fourth-order valence-corrected chi connectivity index (χ4v) is 3.36. The van der Waals surface area contributed by atoms with E-state index in [1.165, 1.54) is 0 Å². The van der Waals surface area contributed by atoms with Gasteiger partial charge < -0.3 is 4.74 Å². The molecule has 0 fully saturated rings. The number of hydrogen-bond donors (Lipinski definition) is 0. The van der Waals surface area contributed by atoms with E-state index in [9.17, 15) is 4.79 Å². The summed E-state index contributed by atoms with van der Waals surface area (Å²) in [6.07, 6.45) is 10.8. The molecular weight excluding hydrogens is 370 g/mol. The number of halogens is 1. The summed E-state index contributed by atoms with van der Waals surface area (Å²) in [6.45, 7) is 1.06. The number of fused-ring (bicyclic) bond motifs is 1. The summed E-state index contributed by atoms with van der Waals surface area (Å²) in [7, 11) is -0.601. The van der Waals surface area contributed by atoms with E-state index in [1.807, 2.05) is 16.7 Å². The minimum Gasteiger partial charge on any atom is -0.360 e. The highest BCUT2D eigenvalue weighted by atomic mass is 35.5. The van der Waals surface area contributed by atoms with Crippen LogP contribution in [0.5, 0.6) is 0 Å². The number of aromatic nitrogens is 3. The SMILES string of the molecule is CS(C)(C)CCOCn1c(-c2ccc(C=O)cn2)cc2c(Cl)ccnc21. The Morgan fingerprint density at radius 2 is 2.04 bits per heavy atom. The van der Waals surface area contributed by atoms with Crippen LogP contribution in [-0.4, -0.2) is 51.9 Å². The average molecular weight is 392 g/mol. The number of carbonyl (C=O) groups is 1. The first-order valence-corrected chi connectivity index (χ1v) is 11.6. The highest BCUT2D eigenvalue weighted by Crippen LogP contribution is 2.34. The van der Waals surface area contributed by atoms with Gasteiger partial charge in [-0.3, -0.25) is 14.3 Å². The summed E-state index contributed by atoms with van der Waals surface area (Å²) in [6, 6.07) is 7.30. The third kappa shape index (κ3) is 4.26. The van der Waals surface area contributed by atoms with Gasteiger partial charge in [-0.25, -0.2) is 15.0 Å². The summed E-state index contributed by atoms with van der Waals surface area (Å²) in [4.78, 5) is 19.7. The molecular formula is C19H22ClN3O2S. The van der Waals surface area contributed by atoms with E-state index in [0.29, 0.717) is 23.9 Å². The molecule has 3 rings (SSSR count). The second kappa shape index (κ2) is 7.78. The van der Waals surface area contributed by atoms with Crippen LogP contribution in [0.15, 0.2) is 36.7 Å². The van der Waals surface area contributed by atoms with Crippen LogP contribution in [0.3, 0.4) is 0 Å². The molecule has 5 nitrogen and oxygen atoms in total. The van der Waals surface area contributed by atoms with Gasteiger partial charge in [-0.2, -0.15) is 0 Å². The number of rotatable bonds is 7. The molecule has 0 amide bonds. The van der Waals surface area contributed by atoms with Crippen molar-refractivity contribution < 1.29 is 9.53 Å². The van der Waals surface area contributed by atoms with Crippen molar-refractivity contribution in [2.24, 2.45) is 0 Å². The van der Waals surface area contributed by atoms with E-state index in [1.54, 1.807) is 24.5 Å². The van der Waals surface area contributed by atoms with Crippen molar-refractivity contribution in [2.45, 2.75) is 6.73 Å². The number of carbonyl (C=O) groups excluding carboxylic acids is 1. The fourth-order valence-electron chi connectivity index (χ4n) is 2.55. The van der Waals surface area contributed by atoms with Crippen LogP contribution in [0, 0.1) is 0 Å². The number of hydrogen-bond acceptors (Lipinski definition) is 4. The topological polar surface area (TPSA) is 57.0 Å². The van der Waals surface area contributed by atoms with Gasteiger partial charge in [0, 0.05) is 29.1 Å². The van der Waals surface area contributed by atoms with Gasteiger partial charge in [0.1, 0.15) is 12.4 Å². The Balaban J connectivity index is 1.95. The number of pyridine rings is 2. The predicted molar refractivity (Wildman–Crippen MR) is 110 cm³/mol. The zero-order valence-electron chi connectivity index (χ0n) is 15.1. The molecule has 0 bridgehead atoms. The largest absolute Gasteiger partial charge is 0.360 e. The van der Waals surface area contributed by atoms with Crippen LogP contribution in [0.1, 0.15) is 10.4 Å². The van der Waals surface area contributed by atoms with E-state index in [-0.39, 0.29) is 0 Å². The molecule has 0 spiro atoms. The lowest BCUT2D eigenvalue weighted by molar-refractivity contribution is 0.0933. The summed E-state index contributed by atoms with van der Waals surface area (Å²) < 4.78 is 7.90. The molecule has 0 unspecified atom stereocenters. The Hall–Kier alpha value is -1.89. The molecule has 0 saturated heterocycles. The van der Waals surface area contributed by atoms with Crippen molar-refractivity contribution in [1.82, 2.24) is 14.5 Å².